The van der Waals surface area contributed by atoms with Crippen molar-refractivity contribution in [3.05, 3.63) is 29.0 Å². The molecule has 0 aliphatic carbocycles. The smallest absolute Gasteiger partial charge is 0.423 e. The summed E-state index contributed by atoms with van der Waals surface area (Å²) in [5.41, 5.74) is 4.65. The molecule has 0 aliphatic heterocycles. The zero-order valence-electron chi connectivity index (χ0n) is 9.13. The van der Waals surface area contributed by atoms with Gasteiger partial charge in [0.1, 0.15) is 0 Å². The van der Waals surface area contributed by atoms with Crippen LogP contribution in [-0.4, -0.2) is 22.2 Å². The molecule has 0 aliphatic rings. The van der Waals surface area contributed by atoms with Gasteiger partial charge in [-0.15, -0.1) is 0 Å². The molecule has 0 atom stereocenters. The lowest BCUT2D eigenvalue weighted by molar-refractivity contribution is 0.425. The van der Waals surface area contributed by atoms with Crippen LogP contribution >= 0.6 is 0 Å². The summed E-state index contributed by atoms with van der Waals surface area (Å²) in [6, 6.07) is 1.96. The second kappa shape index (κ2) is 3.40. The van der Waals surface area contributed by atoms with E-state index in [1.807, 2.05) is 33.0 Å². The second-order valence-corrected chi connectivity index (χ2v) is 3.93. The first-order valence-electron chi connectivity index (χ1n) is 4.97. The average Bonchev–Trinajstić information content (AvgIpc) is 2.62. The van der Waals surface area contributed by atoms with E-state index in [0.717, 1.165) is 27.6 Å². The van der Waals surface area contributed by atoms with E-state index in [4.69, 9.17) is 0 Å². The van der Waals surface area contributed by atoms with Crippen molar-refractivity contribution in [2.45, 2.75) is 20.8 Å². The van der Waals surface area contributed by atoms with Crippen molar-refractivity contribution < 1.29 is 10.0 Å². The minimum atomic E-state index is -1.40. The van der Waals surface area contributed by atoms with Gasteiger partial charge in [-0.1, -0.05) is 0 Å². The summed E-state index contributed by atoms with van der Waals surface area (Å²) in [5.74, 6) is 0. The summed E-state index contributed by atoms with van der Waals surface area (Å²) in [6.07, 6.45) is 1.87. The molecular formula is C11H14BNO2. The van der Waals surface area contributed by atoms with Gasteiger partial charge < -0.3 is 15.0 Å². The Morgan fingerprint density at radius 2 is 1.73 bits per heavy atom. The maximum Gasteiger partial charge on any atom is 0.489 e. The van der Waals surface area contributed by atoms with Crippen LogP contribution in [0.4, 0.5) is 0 Å². The van der Waals surface area contributed by atoms with Gasteiger partial charge in [-0.2, -0.15) is 0 Å². The van der Waals surface area contributed by atoms with E-state index in [0.29, 0.717) is 5.46 Å². The van der Waals surface area contributed by atoms with Crippen molar-refractivity contribution in [1.82, 2.24) is 4.98 Å². The molecule has 0 unspecified atom stereocenters. The molecule has 15 heavy (non-hydrogen) atoms. The van der Waals surface area contributed by atoms with Crippen molar-refractivity contribution in [3.8, 4) is 0 Å². The van der Waals surface area contributed by atoms with Crippen molar-refractivity contribution in [1.29, 1.82) is 0 Å². The van der Waals surface area contributed by atoms with Crippen molar-refractivity contribution in [2.24, 2.45) is 0 Å². The largest absolute Gasteiger partial charge is 0.489 e. The van der Waals surface area contributed by atoms with Crippen LogP contribution in [0.2, 0.25) is 0 Å². The lowest BCUT2D eigenvalue weighted by atomic mass is 9.72. The standard InChI is InChI=1S/C11H14BNO2/c1-6-7(2)11-9(4-5-13-11)8(3)10(6)12(14)15/h4-5,13-15H,1-3H3. The van der Waals surface area contributed by atoms with Gasteiger partial charge in [0.2, 0.25) is 0 Å². The summed E-state index contributed by atoms with van der Waals surface area (Å²) in [4.78, 5) is 3.17. The Bertz CT molecular complexity index is 517. The summed E-state index contributed by atoms with van der Waals surface area (Å²) >= 11 is 0. The van der Waals surface area contributed by atoms with Gasteiger partial charge in [-0.05, 0) is 49.0 Å². The Morgan fingerprint density at radius 1 is 1.07 bits per heavy atom. The lowest BCUT2D eigenvalue weighted by Crippen LogP contribution is -2.35. The van der Waals surface area contributed by atoms with Crippen LogP contribution in [0.1, 0.15) is 16.7 Å². The third kappa shape index (κ3) is 1.37. The van der Waals surface area contributed by atoms with Crippen molar-refractivity contribution >= 4 is 23.5 Å². The maximum absolute atomic E-state index is 9.35. The quantitative estimate of drug-likeness (QED) is 0.599. The Morgan fingerprint density at radius 3 is 2.33 bits per heavy atom. The average molecular weight is 203 g/mol. The molecule has 0 amide bonds. The van der Waals surface area contributed by atoms with Crippen LogP contribution in [-0.2, 0) is 0 Å². The summed E-state index contributed by atoms with van der Waals surface area (Å²) in [5, 5.41) is 19.8. The van der Waals surface area contributed by atoms with Crippen LogP contribution in [0, 0.1) is 20.8 Å². The van der Waals surface area contributed by atoms with E-state index >= 15 is 0 Å². The Hall–Kier alpha value is -1.26. The van der Waals surface area contributed by atoms with Crippen LogP contribution in [0.5, 0.6) is 0 Å². The fourth-order valence-corrected chi connectivity index (χ4v) is 2.20. The number of hydrogen-bond acceptors (Lipinski definition) is 2. The van der Waals surface area contributed by atoms with Gasteiger partial charge >= 0.3 is 7.12 Å². The van der Waals surface area contributed by atoms with Gasteiger partial charge in [-0.3, -0.25) is 0 Å². The molecule has 1 aromatic carbocycles. The highest BCUT2D eigenvalue weighted by Crippen LogP contribution is 2.22. The van der Waals surface area contributed by atoms with Gasteiger partial charge in [0.25, 0.3) is 0 Å². The number of aryl methyl sites for hydroxylation is 2. The minimum Gasteiger partial charge on any atom is -0.423 e. The van der Waals surface area contributed by atoms with E-state index in [2.05, 4.69) is 4.98 Å². The second-order valence-electron chi connectivity index (χ2n) is 3.93. The highest BCUT2D eigenvalue weighted by Gasteiger charge is 2.21. The van der Waals surface area contributed by atoms with Crippen LogP contribution in [0.25, 0.3) is 10.9 Å². The first-order chi connectivity index (χ1) is 7.04. The molecule has 1 aromatic heterocycles. The number of benzene rings is 1. The molecule has 0 radical (unpaired) electrons. The molecule has 3 N–H and O–H groups in total. The molecule has 0 bridgehead atoms. The van der Waals surface area contributed by atoms with Crippen molar-refractivity contribution in [3.63, 3.8) is 0 Å². The fourth-order valence-electron chi connectivity index (χ4n) is 2.20. The highest BCUT2D eigenvalue weighted by molar-refractivity contribution is 6.60. The molecule has 0 saturated carbocycles. The van der Waals surface area contributed by atoms with E-state index < -0.39 is 7.12 Å². The fraction of sp³-hybridized carbons (Fsp3) is 0.273. The Labute approximate surface area is 88.9 Å². The van der Waals surface area contributed by atoms with E-state index in [1.165, 1.54) is 0 Å². The minimum absolute atomic E-state index is 0.625. The summed E-state index contributed by atoms with van der Waals surface area (Å²) in [6.45, 7) is 5.81. The van der Waals surface area contributed by atoms with E-state index in [-0.39, 0.29) is 0 Å². The number of hydrogen-bond donors (Lipinski definition) is 3. The third-order valence-electron chi connectivity index (χ3n) is 3.15. The molecule has 2 aromatic rings. The molecule has 78 valence electrons. The number of nitrogens with one attached hydrogen (secondary N) is 1. The molecule has 1 heterocycles. The monoisotopic (exact) mass is 203 g/mol. The van der Waals surface area contributed by atoms with Crippen LogP contribution < -0.4 is 5.46 Å². The van der Waals surface area contributed by atoms with E-state index in [1.54, 1.807) is 0 Å². The zero-order chi connectivity index (χ0) is 11.2. The predicted molar refractivity (Wildman–Crippen MR) is 62.3 cm³/mol. The zero-order valence-corrected chi connectivity index (χ0v) is 9.13. The SMILES string of the molecule is Cc1c(B(O)O)c(C)c2cc[nH]c2c1C. The summed E-state index contributed by atoms with van der Waals surface area (Å²) < 4.78 is 0. The molecule has 0 saturated heterocycles. The van der Waals surface area contributed by atoms with Crippen LogP contribution in [0.15, 0.2) is 12.3 Å². The van der Waals surface area contributed by atoms with E-state index in [9.17, 15) is 10.0 Å². The van der Waals surface area contributed by atoms with Crippen LogP contribution in [0.3, 0.4) is 0 Å². The number of aromatic nitrogens is 1. The number of fused-ring (bicyclic) bond motifs is 1. The molecule has 0 spiro atoms. The van der Waals surface area contributed by atoms with Gasteiger partial charge in [0, 0.05) is 17.1 Å². The topological polar surface area (TPSA) is 56.2 Å². The molecule has 2 rings (SSSR count). The Kier molecular flexibility index (Phi) is 2.33. The third-order valence-corrected chi connectivity index (χ3v) is 3.15. The predicted octanol–water partition coefficient (Wildman–Crippen LogP) is 0.773. The molecule has 0 fully saturated rings. The molecule has 3 nitrogen and oxygen atoms in total. The first-order valence-corrected chi connectivity index (χ1v) is 4.97. The normalized spacial score (nSPS) is 11.0. The van der Waals surface area contributed by atoms with Gasteiger partial charge in [0.05, 0.1) is 0 Å². The summed E-state index contributed by atoms with van der Waals surface area (Å²) in [7, 11) is -1.40. The van der Waals surface area contributed by atoms with Gasteiger partial charge in [-0.25, -0.2) is 0 Å². The number of H-pyrrole nitrogens is 1. The number of rotatable bonds is 1. The lowest BCUT2D eigenvalue weighted by Gasteiger charge is -2.13. The first kappa shape index (κ1) is 10.3. The Balaban J connectivity index is 2.92. The maximum atomic E-state index is 9.35. The van der Waals surface area contributed by atoms with Crippen molar-refractivity contribution in [2.75, 3.05) is 0 Å². The molecular weight excluding hydrogens is 189 g/mol. The highest BCUT2D eigenvalue weighted by atomic mass is 16.4. The van der Waals surface area contributed by atoms with Gasteiger partial charge in [0.15, 0.2) is 0 Å². The molecule has 4 heteroatoms. The number of aromatic amines is 1.